The zero-order valence-corrected chi connectivity index (χ0v) is 22.9. The van der Waals surface area contributed by atoms with Crippen molar-refractivity contribution in [2.75, 3.05) is 19.7 Å². The van der Waals surface area contributed by atoms with E-state index in [0.717, 1.165) is 28.7 Å². The number of aromatic amines is 1. The molecule has 0 radical (unpaired) electrons. The lowest BCUT2D eigenvalue weighted by Gasteiger charge is -2.37. The number of carbonyl (C=O) groups excluding carboxylic acids is 2. The van der Waals surface area contributed by atoms with Crippen molar-refractivity contribution in [1.29, 1.82) is 0 Å². The molecule has 8 nitrogen and oxygen atoms in total. The van der Waals surface area contributed by atoms with Crippen molar-refractivity contribution in [2.45, 2.75) is 37.9 Å². The van der Waals surface area contributed by atoms with Gasteiger partial charge in [0.25, 0.3) is 5.91 Å². The number of carbonyl (C=O) groups is 2. The number of aromatic nitrogens is 2. The molecule has 1 fully saturated rings. The number of nitrogens with one attached hydrogen (secondary N) is 1. The van der Waals surface area contributed by atoms with Crippen LogP contribution in [-0.2, 0) is 26.9 Å². The Hall–Kier alpha value is -3.35. The molecular formula is C27H25ClF3N5O3S. The van der Waals surface area contributed by atoms with Crippen LogP contribution in [0, 0.1) is 0 Å². The second-order valence-electron chi connectivity index (χ2n) is 9.62. The van der Waals surface area contributed by atoms with E-state index >= 15 is 0 Å². The molecule has 2 aromatic carbocycles. The summed E-state index contributed by atoms with van der Waals surface area (Å²) >= 11 is 7.01. The van der Waals surface area contributed by atoms with E-state index in [1.165, 1.54) is 12.1 Å². The van der Waals surface area contributed by atoms with E-state index in [-0.39, 0.29) is 28.5 Å². The number of piperidine rings is 1. The fourth-order valence-electron chi connectivity index (χ4n) is 4.80. The van der Waals surface area contributed by atoms with Gasteiger partial charge in [-0.25, -0.2) is 0 Å². The number of ether oxygens (including phenoxy) is 1. The number of H-pyrrole nitrogens is 1. The Labute approximate surface area is 236 Å². The molecule has 3 N–H and O–H groups in total. The zero-order valence-electron chi connectivity index (χ0n) is 21.3. The van der Waals surface area contributed by atoms with Gasteiger partial charge >= 0.3 is 12.1 Å². The number of esters is 1. The highest BCUT2D eigenvalue weighted by atomic mass is 35.5. The van der Waals surface area contributed by atoms with E-state index in [0.29, 0.717) is 42.2 Å². The molecule has 3 heterocycles. The molecule has 2 aliphatic heterocycles. The van der Waals surface area contributed by atoms with Crippen molar-refractivity contribution in [3.8, 4) is 0 Å². The molecule has 0 spiro atoms. The van der Waals surface area contributed by atoms with Gasteiger partial charge in [0.2, 0.25) is 0 Å². The van der Waals surface area contributed by atoms with Crippen LogP contribution in [0.15, 0.2) is 52.5 Å². The van der Waals surface area contributed by atoms with Crippen molar-refractivity contribution in [1.82, 2.24) is 15.1 Å². The predicted octanol–water partition coefficient (Wildman–Crippen LogP) is 5.17. The van der Waals surface area contributed by atoms with Gasteiger partial charge in [0, 0.05) is 23.5 Å². The van der Waals surface area contributed by atoms with E-state index in [1.54, 1.807) is 31.3 Å². The van der Waals surface area contributed by atoms with E-state index in [2.05, 4.69) is 15.2 Å². The van der Waals surface area contributed by atoms with Crippen LogP contribution in [0.25, 0.3) is 16.5 Å². The van der Waals surface area contributed by atoms with E-state index in [1.807, 2.05) is 4.90 Å². The van der Waals surface area contributed by atoms with Gasteiger partial charge in [0.15, 0.2) is 5.17 Å². The van der Waals surface area contributed by atoms with Crippen molar-refractivity contribution in [3.05, 3.63) is 69.2 Å². The molecule has 0 saturated carbocycles. The average Bonchev–Trinajstić information content (AvgIpc) is 3.54. The first-order chi connectivity index (χ1) is 19.0. The lowest BCUT2D eigenvalue weighted by Crippen LogP contribution is -2.56. The third-order valence-electron chi connectivity index (χ3n) is 7.00. The van der Waals surface area contributed by atoms with E-state index < -0.39 is 29.2 Å². The number of alkyl halides is 3. The Balaban J connectivity index is 1.49. The van der Waals surface area contributed by atoms with Gasteiger partial charge in [-0.2, -0.15) is 23.3 Å². The summed E-state index contributed by atoms with van der Waals surface area (Å²) in [5, 5.41) is 7.99. The summed E-state index contributed by atoms with van der Waals surface area (Å²) in [6.07, 6.45) is -2.60. The monoisotopic (exact) mass is 591 g/mol. The Bertz CT molecular complexity index is 1540. The topological polar surface area (TPSA) is 114 Å². The van der Waals surface area contributed by atoms with Crippen molar-refractivity contribution in [2.24, 2.45) is 10.7 Å². The zero-order chi connectivity index (χ0) is 28.7. The largest absolute Gasteiger partial charge is 0.465 e. The number of hydrogen-bond donors (Lipinski definition) is 2. The highest BCUT2D eigenvalue weighted by molar-refractivity contribution is 8.18. The van der Waals surface area contributed by atoms with Gasteiger partial charge in [0.05, 0.1) is 28.8 Å². The SMILES string of the molecule is CCOC(=O)C1(N)CCN(C2=NC(=O)C(=C(Cc3ccc(Cl)cc3C(F)(F)F)c3ccc4[nH]ncc4c3)S2)CC1. The van der Waals surface area contributed by atoms with Crippen molar-refractivity contribution >= 4 is 56.9 Å². The normalized spacial score (nSPS) is 18.7. The van der Waals surface area contributed by atoms with E-state index in [9.17, 15) is 22.8 Å². The molecule has 1 amide bonds. The lowest BCUT2D eigenvalue weighted by atomic mass is 9.89. The third-order valence-corrected chi connectivity index (χ3v) is 8.39. The molecule has 210 valence electrons. The van der Waals surface area contributed by atoms with Gasteiger partial charge in [-0.3, -0.25) is 14.7 Å². The fourth-order valence-corrected chi connectivity index (χ4v) is 6.04. The Morgan fingerprint density at radius 3 is 2.67 bits per heavy atom. The first-order valence-corrected chi connectivity index (χ1v) is 13.7. The molecular weight excluding hydrogens is 567 g/mol. The molecule has 1 aromatic heterocycles. The number of thioether (sulfide) groups is 1. The number of halogens is 4. The maximum Gasteiger partial charge on any atom is 0.416 e. The lowest BCUT2D eigenvalue weighted by molar-refractivity contribution is -0.151. The number of fused-ring (bicyclic) bond motifs is 1. The van der Waals surface area contributed by atoms with Gasteiger partial charge in [0.1, 0.15) is 5.54 Å². The van der Waals surface area contributed by atoms with Crippen LogP contribution in [-0.4, -0.2) is 57.4 Å². The number of likely N-dealkylation sites (tertiary alicyclic amines) is 1. The highest BCUT2D eigenvalue weighted by Gasteiger charge is 2.41. The quantitative estimate of drug-likeness (QED) is 0.311. The molecule has 0 atom stereocenters. The molecule has 2 aliphatic rings. The predicted molar refractivity (Wildman–Crippen MR) is 148 cm³/mol. The van der Waals surface area contributed by atoms with E-state index in [4.69, 9.17) is 22.1 Å². The number of amides is 1. The number of nitrogens with zero attached hydrogens (tertiary/aromatic N) is 3. The van der Waals surface area contributed by atoms with Crippen LogP contribution in [0.1, 0.15) is 36.5 Å². The van der Waals surface area contributed by atoms with Gasteiger partial charge < -0.3 is 15.4 Å². The standard InChI is InChI=1S/C27H25ClF3N5O3S/c1-2-39-24(38)26(32)7-9-36(10-8-26)25-34-23(37)22(40-25)19(15-4-6-21-17(11-15)14-33-35-21)12-16-3-5-18(28)13-20(16)27(29,30)31/h3-6,11,13-14H,2,7-10,12,32H2,1H3,(H,33,35). The number of benzene rings is 2. The Morgan fingerprint density at radius 2 is 1.98 bits per heavy atom. The fraction of sp³-hybridized carbons (Fsp3) is 0.333. The van der Waals surface area contributed by atoms with Crippen LogP contribution in [0.3, 0.4) is 0 Å². The van der Waals surface area contributed by atoms with Crippen LogP contribution in [0.2, 0.25) is 5.02 Å². The summed E-state index contributed by atoms with van der Waals surface area (Å²) in [6.45, 7) is 2.67. The van der Waals surface area contributed by atoms with Crippen LogP contribution in [0.4, 0.5) is 13.2 Å². The summed E-state index contributed by atoms with van der Waals surface area (Å²) < 4.78 is 46.9. The molecule has 3 aromatic rings. The number of allylic oxidation sites excluding steroid dienone is 1. The first-order valence-electron chi connectivity index (χ1n) is 12.5. The molecule has 13 heteroatoms. The maximum absolute atomic E-state index is 13.9. The van der Waals surface area contributed by atoms with Crippen LogP contribution >= 0.6 is 23.4 Å². The first kappa shape index (κ1) is 28.2. The highest BCUT2D eigenvalue weighted by Crippen LogP contribution is 2.41. The molecule has 0 unspecified atom stereocenters. The molecule has 0 bridgehead atoms. The summed E-state index contributed by atoms with van der Waals surface area (Å²) in [5.41, 5.74) is 6.00. The van der Waals surface area contributed by atoms with Gasteiger partial charge in [-0.15, -0.1) is 0 Å². The second-order valence-corrected chi connectivity index (χ2v) is 11.0. The maximum atomic E-state index is 13.9. The number of nitrogens with two attached hydrogens (primary N) is 1. The van der Waals surface area contributed by atoms with Crippen LogP contribution < -0.4 is 5.73 Å². The summed E-state index contributed by atoms with van der Waals surface area (Å²) in [5.74, 6) is -1.01. The summed E-state index contributed by atoms with van der Waals surface area (Å²) in [7, 11) is 0. The van der Waals surface area contributed by atoms with Crippen molar-refractivity contribution < 1.29 is 27.5 Å². The minimum absolute atomic E-state index is 0.0196. The number of aliphatic imine (C=N–C) groups is 1. The van der Waals surface area contributed by atoms with Gasteiger partial charge in [-0.1, -0.05) is 23.7 Å². The minimum Gasteiger partial charge on any atom is -0.465 e. The Kier molecular flexibility index (Phi) is 7.68. The van der Waals surface area contributed by atoms with Gasteiger partial charge in [-0.05, 0) is 78.9 Å². The van der Waals surface area contributed by atoms with Crippen LogP contribution in [0.5, 0.6) is 0 Å². The third kappa shape index (κ3) is 5.61. The number of rotatable bonds is 5. The second kappa shape index (κ2) is 10.9. The molecule has 0 aliphatic carbocycles. The minimum atomic E-state index is -4.64. The smallest absolute Gasteiger partial charge is 0.416 e. The number of hydrogen-bond acceptors (Lipinski definition) is 7. The molecule has 40 heavy (non-hydrogen) atoms. The molecule has 5 rings (SSSR count). The Morgan fingerprint density at radius 1 is 1.23 bits per heavy atom. The molecule has 1 saturated heterocycles. The number of amidine groups is 1. The van der Waals surface area contributed by atoms with Crippen molar-refractivity contribution in [3.63, 3.8) is 0 Å². The summed E-state index contributed by atoms with van der Waals surface area (Å²) in [6, 6.07) is 8.89. The average molecular weight is 592 g/mol. The summed E-state index contributed by atoms with van der Waals surface area (Å²) in [4.78, 5) is 31.9.